The van der Waals surface area contributed by atoms with Gasteiger partial charge in [-0.15, -0.1) is 0 Å². The minimum atomic E-state index is -1.18. The lowest BCUT2D eigenvalue weighted by molar-refractivity contribution is -0.150. The van der Waals surface area contributed by atoms with Crippen LogP contribution in [-0.2, 0) is 52.7 Å². The van der Waals surface area contributed by atoms with Crippen LogP contribution in [0.25, 0.3) is 0 Å². The smallest absolute Gasteiger partial charge is 0.408 e. The molecule has 0 unspecified atom stereocenters. The van der Waals surface area contributed by atoms with Crippen molar-refractivity contribution >= 4 is 64.9 Å². The van der Waals surface area contributed by atoms with E-state index in [9.17, 15) is 33.6 Å². The molecule has 0 aromatic heterocycles. The first-order valence-corrected chi connectivity index (χ1v) is 26.1. The molecule has 2 aliphatic rings. The molecular weight excluding hydrogens is 974 g/mol. The SMILES string of the molecule is CC(C)C[C@@H](NC(=O)[C@@H](Cc1ccccc1)NC(=O)[C@@H](Cc1ccccc1)NC(=O)OC(C)(C)C)C(=O)N[C@H](CCCCNC(=O)OC(C)(C)C)C(=O)N1CCC2(CC1)CN(C(=O)Cc1ccc(Cl)c(Cl)c1)C2. The van der Waals surface area contributed by atoms with Crippen molar-refractivity contribution in [3.05, 3.63) is 106 Å². The van der Waals surface area contributed by atoms with E-state index in [4.69, 9.17) is 32.7 Å². The molecule has 2 heterocycles. The van der Waals surface area contributed by atoms with Crippen molar-refractivity contribution in [1.82, 2.24) is 36.4 Å². The maximum Gasteiger partial charge on any atom is 0.408 e. The summed E-state index contributed by atoms with van der Waals surface area (Å²) >= 11 is 12.3. The van der Waals surface area contributed by atoms with E-state index < -0.39 is 65.3 Å². The second-order valence-corrected chi connectivity index (χ2v) is 22.6. The van der Waals surface area contributed by atoms with E-state index >= 15 is 0 Å². The van der Waals surface area contributed by atoms with Crippen LogP contribution >= 0.6 is 23.2 Å². The van der Waals surface area contributed by atoms with Crippen LogP contribution in [0.5, 0.6) is 0 Å². The Balaban J connectivity index is 1.30. The van der Waals surface area contributed by atoms with Gasteiger partial charge in [-0.05, 0) is 115 Å². The zero-order chi connectivity index (χ0) is 53.5. The summed E-state index contributed by atoms with van der Waals surface area (Å²) < 4.78 is 10.9. The summed E-state index contributed by atoms with van der Waals surface area (Å²) in [7, 11) is 0. The molecule has 2 saturated heterocycles. The van der Waals surface area contributed by atoms with Crippen LogP contribution in [0.15, 0.2) is 78.9 Å². The summed E-state index contributed by atoms with van der Waals surface area (Å²) in [6.07, 6.45) is 1.80. The minimum Gasteiger partial charge on any atom is -0.444 e. The fraction of sp³-hybridized carbons (Fsp3) is 0.545. The summed E-state index contributed by atoms with van der Waals surface area (Å²) in [5.41, 5.74) is 0.658. The van der Waals surface area contributed by atoms with Crippen molar-refractivity contribution in [2.75, 3.05) is 32.7 Å². The molecule has 0 radical (unpaired) electrons. The molecule has 398 valence electrons. The zero-order valence-electron chi connectivity index (χ0n) is 43.6. The highest BCUT2D eigenvalue weighted by Crippen LogP contribution is 2.41. The van der Waals surface area contributed by atoms with E-state index in [-0.39, 0.29) is 61.8 Å². The molecule has 7 amide bonds. The van der Waals surface area contributed by atoms with Crippen molar-refractivity contribution < 1.29 is 43.0 Å². The first-order chi connectivity index (χ1) is 34.4. The number of carbonyl (C=O) groups is 7. The quantitative estimate of drug-likeness (QED) is 0.0667. The van der Waals surface area contributed by atoms with Gasteiger partial charge in [0.1, 0.15) is 35.4 Å². The van der Waals surface area contributed by atoms with Crippen molar-refractivity contribution in [1.29, 1.82) is 0 Å². The van der Waals surface area contributed by atoms with Gasteiger partial charge in [-0.1, -0.05) is 104 Å². The number of alkyl carbamates (subject to hydrolysis) is 2. The minimum absolute atomic E-state index is 0.00859. The van der Waals surface area contributed by atoms with Gasteiger partial charge < -0.3 is 45.9 Å². The molecular formula is C55H75Cl2N7O9. The molecule has 0 bridgehead atoms. The number of hydrogen-bond donors (Lipinski definition) is 5. The highest BCUT2D eigenvalue weighted by molar-refractivity contribution is 6.42. The van der Waals surface area contributed by atoms with Crippen molar-refractivity contribution in [3.8, 4) is 0 Å². The lowest BCUT2D eigenvalue weighted by Gasteiger charge is -2.54. The number of benzene rings is 3. The van der Waals surface area contributed by atoms with Gasteiger partial charge in [-0.3, -0.25) is 24.0 Å². The predicted molar refractivity (Wildman–Crippen MR) is 282 cm³/mol. The number of ether oxygens (including phenoxy) is 2. The number of amides is 7. The van der Waals surface area contributed by atoms with Gasteiger partial charge in [0.25, 0.3) is 0 Å². The molecule has 5 rings (SSSR count). The zero-order valence-corrected chi connectivity index (χ0v) is 45.1. The average molecular weight is 1050 g/mol. The summed E-state index contributed by atoms with van der Waals surface area (Å²) in [6, 6.07) is 19.1. The molecule has 73 heavy (non-hydrogen) atoms. The Morgan fingerprint density at radius 3 is 1.64 bits per heavy atom. The molecule has 2 fully saturated rings. The molecule has 1 spiro atoms. The Bertz CT molecular complexity index is 2360. The highest BCUT2D eigenvalue weighted by atomic mass is 35.5. The van der Waals surface area contributed by atoms with Crippen LogP contribution in [0, 0.1) is 11.3 Å². The van der Waals surface area contributed by atoms with Crippen molar-refractivity contribution in [2.24, 2.45) is 11.3 Å². The molecule has 18 heteroatoms. The maximum atomic E-state index is 14.5. The predicted octanol–water partition coefficient (Wildman–Crippen LogP) is 7.56. The van der Waals surface area contributed by atoms with Gasteiger partial charge in [0, 0.05) is 51.0 Å². The van der Waals surface area contributed by atoms with Gasteiger partial charge >= 0.3 is 12.2 Å². The topological polar surface area (TPSA) is 205 Å². The third-order valence-corrected chi connectivity index (χ3v) is 13.4. The summed E-state index contributed by atoms with van der Waals surface area (Å²) in [4.78, 5) is 100.0. The second-order valence-electron chi connectivity index (χ2n) is 21.8. The summed E-state index contributed by atoms with van der Waals surface area (Å²) in [5, 5.41) is 15.0. The van der Waals surface area contributed by atoms with Gasteiger partial charge in [-0.25, -0.2) is 9.59 Å². The number of piperidine rings is 1. The van der Waals surface area contributed by atoms with Crippen LogP contribution in [0.3, 0.4) is 0 Å². The largest absolute Gasteiger partial charge is 0.444 e. The van der Waals surface area contributed by atoms with Crippen molar-refractivity contribution in [3.63, 3.8) is 0 Å². The van der Waals surface area contributed by atoms with Gasteiger partial charge in [0.2, 0.25) is 29.5 Å². The van der Waals surface area contributed by atoms with Crippen LogP contribution in [0.4, 0.5) is 9.59 Å². The molecule has 3 aromatic carbocycles. The lowest BCUT2D eigenvalue weighted by atomic mass is 9.71. The Kier molecular flexibility index (Phi) is 21.0. The van der Waals surface area contributed by atoms with E-state index in [0.717, 1.165) is 16.7 Å². The number of unbranched alkanes of at least 4 members (excludes halogenated alkanes) is 1. The fourth-order valence-corrected chi connectivity index (χ4v) is 9.26. The normalized spacial score (nSPS) is 16.0. The van der Waals surface area contributed by atoms with Gasteiger partial charge in [0.05, 0.1) is 16.5 Å². The molecule has 0 saturated carbocycles. The molecule has 5 N–H and O–H groups in total. The number of carbonyl (C=O) groups excluding carboxylic acids is 7. The second kappa shape index (κ2) is 26.4. The fourth-order valence-electron chi connectivity index (χ4n) is 8.94. The molecule has 4 atom stereocenters. The number of likely N-dealkylation sites (tertiary alicyclic amines) is 2. The Hall–Kier alpha value is -5.87. The molecule has 16 nitrogen and oxygen atoms in total. The maximum absolute atomic E-state index is 14.5. The monoisotopic (exact) mass is 1050 g/mol. The third-order valence-electron chi connectivity index (χ3n) is 12.6. The number of halogens is 2. The standard InChI is InChI=1S/C55H75Cl2N7O9/c1-36(2)29-43(60-48(67)44(31-37-17-11-9-12-18-37)61-49(68)45(32-38-19-13-10-14-20-38)62-52(71)73-54(6,7)8)47(66)59-42(21-15-16-26-58-51(70)72-53(3,4)5)50(69)63-27-24-55(25-28-63)34-64(35-55)46(65)33-39-22-23-40(56)41(57)30-39/h9-14,17-20,22-23,30,36,42-45H,15-16,21,24-29,31-35H2,1-8H3,(H,58,70)(H,59,66)(H,60,67)(H,61,68)(H,62,71)/t42-,43-,44-,45-/m1/s1. The third kappa shape index (κ3) is 19.2. The van der Waals surface area contributed by atoms with Gasteiger partial charge in [-0.2, -0.15) is 0 Å². The van der Waals surface area contributed by atoms with Crippen molar-refractivity contribution in [2.45, 2.75) is 149 Å². The Labute approximate surface area is 440 Å². The summed E-state index contributed by atoms with van der Waals surface area (Å²) in [5.74, 6) is -2.16. The van der Waals surface area contributed by atoms with E-state index in [0.29, 0.717) is 61.9 Å². The highest BCUT2D eigenvalue weighted by Gasteiger charge is 2.47. The van der Waals surface area contributed by atoms with Crippen LogP contribution in [0.2, 0.25) is 10.0 Å². The van der Waals surface area contributed by atoms with Crippen LogP contribution < -0.4 is 26.6 Å². The molecule has 2 aliphatic heterocycles. The number of nitrogens with one attached hydrogen (secondary N) is 5. The van der Waals surface area contributed by atoms with Gasteiger partial charge in [0.15, 0.2) is 0 Å². The first-order valence-electron chi connectivity index (χ1n) is 25.3. The van der Waals surface area contributed by atoms with E-state index in [1.807, 2.05) is 79.4 Å². The van der Waals surface area contributed by atoms with E-state index in [1.165, 1.54) is 0 Å². The van der Waals surface area contributed by atoms with Crippen LogP contribution in [-0.4, -0.2) is 120 Å². The van der Waals surface area contributed by atoms with Crippen LogP contribution in [0.1, 0.15) is 111 Å². The lowest BCUT2D eigenvalue weighted by Crippen LogP contribution is -2.63. The number of rotatable bonds is 21. The number of nitrogens with zero attached hydrogens (tertiary/aromatic N) is 2. The molecule has 3 aromatic rings. The average Bonchev–Trinajstić information content (AvgIpc) is 3.29. The number of hydrogen-bond acceptors (Lipinski definition) is 9. The van der Waals surface area contributed by atoms with E-state index in [2.05, 4.69) is 26.6 Å². The van der Waals surface area contributed by atoms with E-state index in [1.54, 1.807) is 64.6 Å². The summed E-state index contributed by atoms with van der Waals surface area (Å²) in [6.45, 7) is 16.6. The molecule has 0 aliphatic carbocycles. The Morgan fingerprint density at radius 2 is 1.11 bits per heavy atom. The Morgan fingerprint density at radius 1 is 0.603 bits per heavy atom. The first kappa shape index (κ1) is 58.0.